The predicted molar refractivity (Wildman–Crippen MR) is 52.8 cm³/mol. The highest BCUT2D eigenvalue weighted by atomic mass is 16.5. The van der Waals surface area contributed by atoms with E-state index in [-0.39, 0.29) is 0 Å². The van der Waals surface area contributed by atoms with Crippen LogP contribution >= 0.6 is 0 Å². The third kappa shape index (κ3) is 2.45. The van der Waals surface area contributed by atoms with E-state index in [0.29, 0.717) is 0 Å². The molecule has 0 unspecified atom stereocenters. The van der Waals surface area contributed by atoms with E-state index in [4.69, 9.17) is 4.52 Å². The molecular weight excluding hydrogens is 166 g/mol. The molecule has 0 bridgehead atoms. The summed E-state index contributed by atoms with van der Waals surface area (Å²) >= 11 is 0. The summed E-state index contributed by atoms with van der Waals surface area (Å²) in [7, 11) is 1.89. The summed E-state index contributed by atoms with van der Waals surface area (Å²) < 4.78 is 5.20. The van der Waals surface area contributed by atoms with Crippen LogP contribution in [0.15, 0.2) is 10.6 Å². The highest BCUT2D eigenvalue weighted by Gasteiger charge is 2.08. The van der Waals surface area contributed by atoms with Crippen molar-refractivity contribution in [2.75, 3.05) is 25.0 Å². The SMILES string of the molecule is CCN(CC)c1cc(CNC)no1. The fourth-order valence-corrected chi connectivity index (χ4v) is 1.25. The number of nitrogens with zero attached hydrogens (tertiary/aromatic N) is 2. The highest BCUT2D eigenvalue weighted by molar-refractivity contribution is 5.35. The lowest BCUT2D eigenvalue weighted by Gasteiger charge is -2.15. The first kappa shape index (κ1) is 10.1. The topological polar surface area (TPSA) is 41.3 Å². The van der Waals surface area contributed by atoms with E-state index < -0.39 is 0 Å². The van der Waals surface area contributed by atoms with Crippen molar-refractivity contribution in [3.05, 3.63) is 11.8 Å². The Labute approximate surface area is 78.9 Å². The van der Waals surface area contributed by atoms with Gasteiger partial charge in [0.25, 0.3) is 0 Å². The van der Waals surface area contributed by atoms with E-state index in [1.165, 1.54) is 0 Å². The predicted octanol–water partition coefficient (Wildman–Crippen LogP) is 1.24. The second-order valence-electron chi connectivity index (χ2n) is 2.86. The van der Waals surface area contributed by atoms with Gasteiger partial charge in [-0.25, -0.2) is 0 Å². The molecule has 4 nitrogen and oxygen atoms in total. The second kappa shape index (κ2) is 4.87. The third-order valence-electron chi connectivity index (χ3n) is 1.98. The minimum absolute atomic E-state index is 0.755. The first-order valence-electron chi connectivity index (χ1n) is 4.67. The molecule has 0 aliphatic heterocycles. The number of aromatic nitrogens is 1. The summed E-state index contributed by atoms with van der Waals surface area (Å²) in [6.45, 7) is 6.85. The first-order chi connectivity index (χ1) is 6.31. The molecule has 13 heavy (non-hydrogen) atoms. The van der Waals surface area contributed by atoms with Crippen molar-refractivity contribution in [2.24, 2.45) is 0 Å². The van der Waals surface area contributed by atoms with E-state index in [9.17, 15) is 0 Å². The van der Waals surface area contributed by atoms with Crippen LogP contribution in [0.5, 0.6) is 0 Å². The van der Waals surface area contributed by atoms with E-state index in [1.54, 1.807) is 0 Å². The Bertz CT molecular complexity index is 243. The lowest BCUT2D eigenvalue weighted by atomic mass is 10.4. The Morgan fingerprint density at radius 1 is 1.46 bits per heavy atom. The zero-order valence-corrected chi connectivity index (χ0v) is 8.50. The molecule has 1 N–H and O–H groups in total. The van der Waals surface area contributed by atoms with Crippen LogP contribution in [0.1, 0.15) is 19.5 Å². The van der Waals surface area contributed by atoms with Gasteiger partial charge in [0.1, 0.15) is 0 Å². The van der Waals surface area contributed by atoms with E-state index in [2.05, 4.69) is 29.2 Å². The molecule has 1 aromatic heterocycles. The average molecular weight is 183 g/mol. The van der Waals surface area contributed by atoms with Gasteiger partial charge < -0.3 is 14.7 Å². The molecular formula is C9H17N3O. The standard InChI is InChI=1S/C9H17N3O/c1-4-12(5-2)9-6-8(7-10-3)11-13-9/h6,10H,4-5,7H2,1-3H3. The molecule has 0 fully saturated rings. The normalized spacial score (nSPS) is 10.4. The van der Waals surface area contributed by atoms with Gasteiger partial charge in [0, 0.05) is 25.7 Å². The van der Waals surface area contributed by atoms with Gasteiger partial charge in [0.15, 0.2) is 0 Å². The van der Waals surface area contributed by atoms with Gasteiger partial charge in [-0.1, -0.05) is 5.16 Å². The van der Waals surface area contributed by atoms with Crippen molar-refractivity contribution in [1.29, 1.82) is 0 Å². The Morgan fingerprint density at radius 3 is 2.69 bits per heavy atom. The number of hydrogen-bond donors (Lipinski definition) is 1. The van der Waals surface area contributed by atoms with Gasteiger partial charge in [-0.3, -0.25) is 0 Å². The van der Waals surface area contributed by atoms with Crippen molar-refractivity contribution < 1.29 is 4.52 Å². The fraction of sp³-hybridized carbons (Fsp3) is 0.667. The van der Waals surface area contributed by atoms with Crippen molar-refractivity contribution >= 4 is 5.88 Å². The first-order valence-corrected chi connectivity index (χ1v) is 4.67. The molecule has 74 valence electrons. The molecule has 0 amide bonds. The van der Waals surface area contributed by atoms with Crippen LogP contribution in [0.2, 0.25) is 0 Å². The quantitative estimate of drug-likeness (QED) is 0.745. The van der Waals surface area contributed by atoms with Crippen LogP contribution < -0.4 is 10.2 Å². The Kier molecular flexibility index (Phi) is 3.76. The van der Waals surface area contributed by atoms with Crippen LogP contribution in [0.25, 0.3) is 0 Å². The maximum absolute atomic E-state index is 5.20. The van der Waals surface area contributed by atoms with E-state index in [0.717, 1.165) is 31.2 Å². The Balaban J connectivity index is 2.66. The summed E-state index contributed by atoms with van der Waals surface area (Å²) in [6.07, 6.45) is 0. The third-order valence-corrected chi connectivity index (χ3v) is 1.98. The summed E-state index contributed by atoms with van der Waals surface area (Å²) in [4.78, 5) is 2.13. The summed E-state index contributed by atoms with van der Waals surface area (Å²) in [5.41, 5.74) is 0.949. The van der Waals surface area contributed by atoms with Crippen molar-refractivity contribution in [3.8, 4) is 0 Å². The molecule has 0 aliphatic rings. The van der Waals surface area contributed by atoms with Crippen molar-refractivity contribution in [2.45, 2.75) is 20.4 Å². The number of rotatable bonds is 5. The van der Waals surface area contributed by atoms with E-state index in [1.807, 2.05) is 13.1 Å². The smallest absolute Gasteiger partial charge is 0.227 e. The summed E-state index contributed by atoms with van der Waals surface area (Å²) in [5, 5.41) is 6.97. The van der Waals surface area contributed by atoms with Crippen LogP contribution in [0, 0.1) is 0 Å². The van der Waals surface area contributed by atoms with Gasteiger partial charge >= 0.3 is 0 Å². The molecule has 0 spiro atoms. The van der Waals surface area contributed by atoms with Crippen molar-refractivity contribution in [1.82, 2.24) is 10.5 Å². The summed E-state index contributed by atoms with van der Waals surface area (Å²) in [6, 6.07) is 1.98. The molecule has 0 radical (unpaired) electrons. The molecule has 4 heteroatoms. The van der Waals surface area contributed by atoms with Gasteiger partial charge in [-0.05, 0) is 20.9 Å². The monoisotopic (exact) mass is 183 g/mol. The van der Waals surface area contributed by atoms with Gasteiger partial charge in [-0.15, -0.1) is 0 Å². The zero-order chi connectivity index (χ0) is 9.68. The number of nitrogens with one attached hydrogen (secondary N) is 1. The average Bonchev–Trinajstić information content (AvgIpc) is 2.56. The molecule has 1 rings (SSSR count). The van der Waals surface area contributed by atoms with Crippen LogP contribution in [0.3, 0.4) is 0 Å². The lowest BCUT2D eigenvalue weighted by molar-refractivity contribution is 0.408. The fourth-order valence-electron chi connectivity index (χ4n) is 1.25. The van der Waals surface area contributed by atoms with Crippen LogP contribution in [0.4, 0.5) is 5.88 Å². The molecule has 1 aromatic rings. The van der Waals surface area contributed by atoms with E-state index >= 15 is 0 Å². The number of anilines is 1. The van der Waals surface area contributed by atoms with Crippen LogP contribution in [-0.2, 0) is 6.54 Å². The minimum Gasteiger partial charge on any atom is -0.341 e. The van der Waals surface area contributed by atoms with Gasteiger partial charge in [0.05, 0.1) is 5.69 Å². The number of hydrogen-bond acceptors (Lipinski definition) is 4. The van der Waals surface area contributed by atoms with Crippen LogP contribution in [-0.4, -0.2) is 25.3 Å². The maximum Gasteiger partial charge on any atom is 0.227 e. The van der Waals surface area contributed by atoms with Gasteiger partial charge in [0.2, 0.25) is 5.88 Å². The van der Waals surface area contributed by atoms with Crippen molar-refractivity contribution in [3.63, 3.8) is 0 Å². The zero-order valence-electron chi connectivity index (χ0n) is 8.50. The molecule has 0 saturated carbocycles. The molecule has 1 heterocycles. The largest absolute Gasteiger partial charge is 0.341 e. The lowest BCUT2D eigenvalue weighted by Crippen LogP contribution is -2.21. The molecule has 0 saturated heterocycles. The Hall–Kier alpha value is -1.03. The van der Waals surface area contributed by atoms with Gasteiger partial charge in [-0.2, -0.15) is 0 Å². The Morgan fingerprint density at radius 2 is 2.15 bits per heavy atom. The minimum atomic E-state index is 0.755. The second-order valence-corrected chi connectivity index (χ2v) is 2.86. The maximum atomic E-state index is 5.20. The molecule has 0 atom stereocenters. The molecule has 0 aliphatic carbocycles. The summed E-state index contributed by atoms with van der Waals surface area (Å²) in [5.74, 6) is 0.857. The highest BCUT2D eigenvalue weighted by Crippen LogP contribution is 2.14. The molecule has 0 aromatic carbocycles.